The van der Waals surface area contributed by atoms with Crippen LogP contribution in [0.2, 0.25) is 0 Å². The summed E-state index contributed by atoms with van der Waals surface area (Å²) in [7, 11) is 0. The van der Waals surface area contributed by atoms with Crippen LogP contribution in [0.5, 0.6) is 0 Å². The van der Waals surface area contributed by atoms with E-state index in [1.807, 2.05) is 20.1 Å². The van der Waals surface area contributed by atoms with E-state index in [1.165, 1.54) is 0 Å². The van der Waals surface area contributed by atoms with Gasteiger partial charge in [0.2, 0.25) is 0 Å². The Kier molecular flexibility index (Phi) is 7.09. The molecule has 0 aromatic rings. The van der Waals surface area contributed by atoms with Crippen LogP contribution in [0, 0.1) is 5.92 Å². The van der Waals surface area contributed by atoms with E-state index in [0.717, 1.165) is 5.75 Å². The maximum Gasteiger partial charge on any atom is 0.334 e. The first-order valence-electron chi connectivity index (χ1n) is 4.41. The van der Waals surface area contributed by atoms with E-state index in [1.54, 1.807) is 11.8 Å². The van der Waals surface area contributed by atoms with Crippen LogP contribution < -0.4 is 0 Å². The molecule has 0 saturated heterocycles. The van der Waals surface area contributed by atoms with Crippen LogP contribution in [0.4, 0.5) is 0 Å². The predicted molar refractivity (Wildman–Crippen MR) is 54.8 cm³/mol. The zero-order valence-electron chi connectivity index (χ0n) is 8.45. The molecule has 0 rings (SSSR count). The van der Waals surface area contributed by atoms with Gasteiger partial charge in [0.25, 0.3) is 0 Å². The lowest BCUT2D eigenvalue weighted by Gasteiger charge is -2.11. The van der Waals surface area contributed by atoms with Gasteiger partial charge in [0.1, 0.15) is 0 Å². The number of carbonyl (C=O) groups excluding carboxylic acids is 1. The van der Waals surface area contributed by atoms with Gasteiger partial charge < -0.3 is 9.84 Å². The minimum absolute atomic E-state index is 0.316. The molecule has 0 heterocycles. The van der Waals surface area contributed by atoms with Gasteiger partial charge in [-0.2, -0.15) is 11.8 Å². The zero-order chi connectivity index (χ0) is 10.3. The van der Waals surface area contributed by atoms with E-state index < -0.39 is 12.1 Å². The minimum atomic E-state index is -0.953. The molecule has 13 heavy (non-hydrogen) atoms. The second-order valence-electron chi connectivity index (χ2n) is 3.32. The molecule has 78 valence electrons. The molecular weight excluding hydrogens is 188 g/mol. The Hall–Kier alpha value is -0.220. The molecule has 0 radical (unpaired) electrons. The van der Waals surface area contributed by atoms with Crippen molar-refractivity contribution < 1.29 is 14.6 Å². The van der Waals surface area contributed by atoms with Crippen LogP contribution in [0.25, 0.3) is 0 Å². The van der Waals surface area contributed by atoms with Gasteiger partial charge in [0.15, 0.2) is 6.10 Å². The van der Waals surface area contributed by atoms with Crippen LogP contribution in [0.1, 0.15) is 20.3 Å². The topological polar surface area (TPSA) is 46.5 Å². The van der Waals surface area contributed by atoms with Gasteiger partial charge in [-0.05, 0) is 24.3 Å². The number of carbonyl (C=O) groups is 1. The molecule has 0 amide bonds. The maximum absolute atomic E-state index is 11.1. The van der Waals surface area contributed by atoms with Gasteiger partial charge in [-0.25, -0.2) is 4.79 Å². The van der Waals surface area contributed by atoms with E-state index in [-0.39, 0.29) is 0 Å². The number of esters is 1. The van der Waals surface area contributed by atoms with Crippen LogP contribution in [0.15, 0.2) is 0 Å². The molecule has 0 aliphatic carbocycles. The first-order valence-corrected chi connectivity index (χ1v) is 5.81. The summed E-state index contributed by atoms with van der Waals surface area (Å²) in [6, 6.07) is 0. The van der Waals surface area contributed by atoms with Gasteiger partial charge in [0, 0.05) is 0 Å². The maximum atomic E-state index is 11.1. The molecule has 0 bridgehead atoms. The highest BCUT2D eigenvalue weighted by Gasteiger charge is 2.15. The summed E-state index contributed by atoms with van der Waals surface area (Å²) in [5.74, 6) is 0.595. The normalized spacial score (nSPS) is 13.0. The summed E-state index contributed by atoms with van der Waals surface area (Å²) >= 11 is 1.60. The molecule has 0 aliphatic heterocycles. The molecule has 0 aliphatic rings. The highest BCUT2D eigenvalue weighted by molar-refractivity contribution is 7.98. The van der Waals surface area contributed by atoms with Crippen molar-refractivity contribution >= 4 is 17.7 Å². The number of thioether (sulfide) groups is 1. The van der Waals surface area contributed by atoms with Crippen LogP contribution in [-0.2, 0) is 9.53 Å². The van der Waals surface area contributed by atoms with E-state index in [0.29, 0.717) is 18.9 Å². The Morgan fingerprint density at radius 2 is 2.15 bits per heavy atom. The quantitative estimate of drug-likeness (QED) is 0.665. The lowest BCUT2D eigenvalue weighted by molar-refractivity contribution is -0.154. The molecule has 1 N–H and O–H groups in total. The molecule has 0 saturated carbocycles. The fraction of sp³-hybridized carbons (Fsp3) is 0.889. The summed E-state index contributed by atoms with van der Waals surface area (Å²) in [4.78, 5) is 11.1. The zero-order valence-corrected chi connectivity index (χ0v) is 9.26. The number of aliphatic hydroxyl groups excluding tert-OH is 1. The lowest BCUT2D eigenvalue weighted by Crippen LogP contribution is -2.25. The Morgan fingerprint density at radius 1 is 1.54 bits per heavy atom. The number of aliphatic hydroxyl groups is 1. The van der Waals surface area contributed by atoms with Crippen molar-refractivity contribution in [2.24, 2.45) is 5.92 Å². The lowest BCUT2D eigenvalue weighted by atomic mass is 10.2. The van der Waals surface area contributed by atoms with E-state index in [4.69, 9.17) is 4.74 Å². The third-order valence-electron chi connectivity index (χ3n) is 1.43. The van der Waals surface area contributed by atoms with Crippen molar-refractivity contribution in [2.75, 3.05) is 18.6 Å². The second-order valence-corrected chi connectivity index (χ2v) is 4.31. The fourth-order valence-electron chi connectivity index (χ4n) is 0.692. The Morgan fingerprint density at radius 3 is 2.62 bits per heavy atom. The standard InChI is InChI=1S/C9H18O3S/c1-7(2)6-12-9(11)8(10)4-5-13-3/h7-8,10H,4-6H2,1-3H3/t8-/m0/s1. The third-order valence-corrected chi connectivity index (χ3v) is 2.07. The van der Waals surface area contributed by atoms with Crippen LogP contribution in [-0.4, -0.2) is 35.8 Å². The van der Waals surface area contributed by atoms with Crippen molar-refractivity contribution in [1.29, 1.82) is 0 Å². The van der Waals surface area contributed by atoms with Crippen molar-refractivity contribution in [2.45, 2.75) is 26.4 Å². The second kappa shape index (κ2) is 7.21. The fourth-order valence-corrected chi connectivity index (χ4v) is 1.15. The van der Waals surface area contributed by atoms with Gasteiger partial charge in [-0.3, -0.25) is 0 Å². The van der Waals surface area contributed by atoms with Gasteiger partial charge in [-0.15, -0.1) is 0 Å². The Bertz CT molecular complexity index is 148. The Labute approximate surface area is 83.9 Å². The molecule has 0 fully saturated rings. The molecule has 3 nitrogen and oxygen atoms in total. The molecule has 1 atom stereocenters. The summed E-state index contributed by atoms with van der Waals surface area (Å²) in [5.41, 5.74) is 0. The van der Waals surface area contributed by atoms with Crippen LogP contribution >= 0.6 is 11.8 Å². The SMILES string of the molecule is CSCC[C@H](O)C(=O)OCC(C)C. The van der Waals surface area contributed by atoms with Crippen molar-refractivity contribution in [1.82, 2.24) is 0 Å². The first kappa shape index (κ1) is 12.8. The van der Waals surface area contributed by atoms with E-state index in [2.05, 4.69) is 0 Å². The van der Waals surface area contributed by atoms with Gasteiger partial charge in [0.05, 0.1) is 6.61 Å². The van der Waals surface area contributed by atoms with Crippen molar-refractivity contribution in [3.63, 3.8) is 0 Å². The Balaban J connectivity index is 3.57. The van der Waals surface area contributed by atoms with Gasteiger partial charge in [-0.1, -0.05) is 13.8 Å². The molecule has 0 aromatic carbocycles. The molecule has 4 heteroatoms. The van der Waals surface area contributed by atoms with E-state index >= 15 is 0 Å². The average molecular weight is 206 g/mol. The number of ether oxygens (including phenoxy) is 1. The molecular formula is C9H18O3S. The molecule has 0 spiro atoms. The summed E-state index contributed by atoms with van der Waals surface area (Å²) in [6.45, 7) is 4.30. The third kappa shape index (κ3) is 6.90. The first-order chi connectivity index (χ1) is 6.07. The summed E-state index contributed by atoms with van der Waals surface area (Å²) < 4.78 is 4.86. The molecule has 0 unspecified atom stereocenters. The van der Waals surface area contributed by atoms with Crippen molar-refractivity contribution in [3.8, 4) is 0 Å². The number of hydrogen-bond acceptors (Lipinski definition) is 4. The largest absolute Gasteiger partial charge is 0.464 e. The average Bonchev–Trinajstić information content (AvgIpc) is 2.10. The number of rotatable bonds is 6. The number of hydrogen-bond donors (Lipinski definition) is 1. The van der Waals surface area contributed by atoms with E-state index in [9.17, 15) is 9.90 Å². The highest BCUT2D eigenvalue weighted by Crippen LogP contribution is 2.03. The smallest absolute Gasteiger partial charge is 0.334 e. The molecule has 0 aromatic heterocycles. The van der Waals surface area contributed by atoms with Crippen LogP contribution in [0.3, 0.4) is 0 Å². The monoisotopic (exact) mass is 206 g/mol. The summed E-state index contributed by atoms with van der Waals surface area (Å²) in [5, 5.41) is 9.27. The highest BCUT2D eigenvalue weighted by atomic mass is 32.2. The minimum Gasteiger partial charge on any atom is -0.464 e. The van der Waals surface area contributed by atoms with Crippen molar-refractivity contribution in [3.05, 3.63) is 0 Å². The summed E-state index contributed by atoms with van der Waals surface area (Å²) in [6.07, 6.45) is 1.45. The predicted octanol–water partition coefficient (Wildman–Crippen LogP) is 1.30. The van der Waals surface area contributed by atoms with Gasteiger partial charge >= 0.3 is 5.97 Å².